The minimum absolute atomic E-state index is 0.0645. The summed E-state index contributed by atoms with van der Waals surface area (Å²) in [5, 5.41) is 4.07. The van der Waals surface area contributed by atoms with Crippen LogP contribution in [-0.2, 0) is 9.59 Å². The Hall–Kier alpha value is -3.28. The van der Waals surface area contributed by atoms with Crippen molar-refractivity contribution in [1.29, 1.82) is 0 Å². The van der Waals surface area contributed by atoms with E-state index in [0.29, 0.717) is 27.4 Å². The molecule has 132 valence electrons. The maximum absolute atomic E-state index is 13.0. The van der Waals surface area contributed by atoms with Gasteiger partial charge in [-0.15, -0.1) is 0 Å². The standard InChI is InChI=1S/C20H19N3O3/c1-12(24)10-11-17(19(21)25)23-20(26)18-13-6-2-4-8-15(13)22-16-9-5-3-7-14(16)18/h2-9,17H,10-11H2,1H3,(H2,21,25)(H,23,26)/t17-/m0/s1. The highest BCUT2D eigenvalue weighted by Gasteiger charge is 2.22. The van der Waals surface area contributed by atoms with Crippen LogP contribution in [0.1, 0.15) is 30.1 Å². The van der Waals surface area contributed by atoms with Gasteiger partial charge in [-0.1, -0.05) is 36.4 Å². The second-order valence-corrected chi connectivity index (χ2v) is 6.19. The zero-order valence-electron chi connectivity index (χ0n) is 14.4. The molecule has 0 fully saturated rings. The number of primary amides is 1. The Morgan fingerprint density at radius 3 is 2.04 bits per heavy atom. The van der Waals surface area contributed by atoms with Gasteiger partial charge in [0.2, 0.25) is 5.91 Å². The first-order valence-electron chi connectivity index (χ1n) is 8.34. The molecule has 0 aliphatic carbocycles. The number of benzene rings is 2. The number of nitrogens with one attached hydrogen (secondary N) is 1. The number of nitrogens with zero attached hydrogens (tertiary/aromatic N) is 1. The normalized spacial score (nSPS) is 12.0. The Balaban J connectivity index is 2.05. The van der Waals surface area contributed by atoms with Crippen LogP contribution in [0, 0.1) is 0 Å². The molecule has 2 aromatic carbocycles. The second kappa shape index (κ2) is 7.31. The molecule has 0 bridgehead atoms. The van der Waals surface area contributed by atoms with E-state index in [4.69, 9.17) is 5.73 Å². The second-order valence-electron chi connectivity index (χ2n) is 6.19. The highest BCUT2D eigenvalue weighted by atomic mass is 16.2. The van der Waals surface area contributed by atoms with Crippen LogP contribution in [0.3, 0.4) is 0 Å². The van der Waals surface area contributed by atoms with Gasteiger partial charge in [0.15, 0.2) is 0 Å². The van der Waals surface area contributed by atoms with Crippen molar-refractivity contribution in [2.24, 2.45) is 5.73 Å². The van der Waals surface area contributed by atoms with E-state index in [1.165, 1.54) is 6.92 Å². The minimum Gasteiger partial charge on any atom is -0.368 e. The summed E-state index contributed by atoms with van der Waals surface area (Å²) in [6.45, 7) is 1.43. The third kappa shape index (κ3) is 3.54. The molecule has 1 aromatic heterocycles. The van der Waals surface area contributed by atoms with Crippen molar-refractivity contribution in [3.05, 3.63) is 54.1 Å². The van der Waals surface area contributed by atoms with Crippen molar-refractivity contribution in [1.82, 2.24) is 10.3 Å². The highest BCUT2D eigenvalue weighted by Crippen LogP contribution is 2.26. The van der Waals surface area contributed by atoms with Crippen molar-refractivity contribution in [2.45, 2.75) is 25.8 Å². The molecule has 1 heterocycles. The van der Waals surface area contributed by atoms with Gasteiger partial charge in [0, 0.05) is 17.2 Å². The lowest BCUT2D eigenvalue weighted by atomic mass is 10.0. The number of para-hydroxylation sites is 2. The summed E-state index contributed by atoms with van der Waals surface area (Å²) >= 11 is 0. The summed E-state index contributed by atoms with van der Waals surface area (Å²) in [5.41, 5.74) is 7.22. The van der Waals surface area contributed by atoms with Crippen molar-refractivity contribution < 1.29 is 14.4 Å². The van der Waals surface area contributed by atoms with Crippen LogP contribution in [0.25, 0.3) is 21.8 Å². The third-order valence-corrected chi connectivity index (χ3v) is 4.25. The van der Waals surface area contributed by atoms with Gasteiger partial charge in [-0.3, -0.25) is 9.59 Å². The molecule has 0 aliphatic heterocycles. The van der Waals surface area contributed by atoms with Crippen molar-refractivity contribution >= 4 is 39.4 Å². The molecule has 3 N–H and O–H groups in total. The number of carbonyl (C=O) groups excluding carboxylic acids is 3. The van der Waals surface area contributed by atoms with Crippen molar-refractivity contribution in [3.8, 4) is 0 Å². The first-order valence-corrected chi connectivity index (χ1v) is 8.34. The molecule has 0 spiro atoms. The van der Waals surface area contributed by atoms with Crippen LogP contribution in [0.2, 0.25) is 0 Å². The van der Waals surface area contributed by atoms with Gasteiger partial charge in [0.05, 0.1) is 16.6 Å². The van der Waals surface area contributed by atoms with E-state index in [2.05, 4.69) is 10.3 Å². The van der Waals surface area contributed by atoms with Gasteiger partial charge in [-0.2, -0.15) is 0 Å². The topological polar surface area (TPSA) is 102 Å². The molecule has 26 heavy (non-hydrogen) atoms. The smallest absolute Gasteiger partial charge is 0.253 e. The van der Waals surface area contributed by atoms with E-state index >= 15 is 0 Å². The summed E-state index contributed by atoms with van der Waals surface area (Å²) in [6, 6.07) is 13.8. The zero-order chi connectivity index (χ0) is 18.7. The van der Waals surface area contributed by atoms with Crippen molar-refractivity contribution in [3.63, 3.8) is 0 Å². The van der Waals surface area contributed by atoms with E-state index in [1.54, 1.807) is 0 Å². The van der Waals surface area contributed by atoms with Crippen LogP contribution in [0.4, 0.5) is 0 Å². The summed E-state index contributed by atoms with van der Waals surface area (Å²) in [7, 11) is 0. The molecule has 0 saturated carbocycles. The van der Waals surface area contributed by atoms with E-state index < -0.39 is 17.9 Å². The molecule has 3 rings (SSSR count). The van der Waals surface area contributed by atoms with Gasteiger partial charge < -0.3 is 15.8 Å². The minimum atomic E-state index is -0.905. The number of nitrogens with two attached hydrogens (primary N) is 1. The van der Waals surface area contributed by atoms with E-state index in [-0.39, 0.29) is 18.6 Å². The predicted octanol–water partition coefficient (Wildman–Crippen LogP) is 2.34. The SMILES string of the molecule is CC(=O)CC[C@H](NC(=O)c1c2ccccc2nc2ccccc12)C(N)=O. The number of aromatic nitrogens is 1. The van der Waals surface area contributed by atoms with Crippen LogP contribution in [0.15, 0.2) is 48.5 Å². The molecule has 3 aromatic rings. The summed E-state index contributed by atoms with van der Waals surface area (Å²) in [4.78, 5) is 40.5. The molecular weight excluding hydrogens is 330 g/mol. The molecule has 6 heteroatoms. The maximum Gasteiger partial charge on any atom is 0.253 e. The molecule has 1 atom stereocenters. The zero-order valence-corrected chi connectivity index (χ0v) is 14.4. The number of Topliss-reactive ketones (excluding diaryl/α,β-unsaturated/α-hetero) is 1. The summed E-state index contributed by atoms with van der Waals surface area (Å²) in [5.74, 6) is -1.14. The van der Waals surface area contributed by atoms with Gasteiger partial charge in [-0.05, 0) is 25.5 Å². The number of pyridine rings is 1. The van der Waals surface area contributed by atoms with Gasteiger partial charge in [0.25, 0.3) is 5.91 Å². The molecule has 0 unspecified atom stereocenters. The number of hydrogen-bond acceptors (Lipinski definition) is 4. The van der Waals surface area contributed by atoms with E-state index in [1.807, 2.05) is 48.5 Å². The van der Waals surface area contributed by atoms with Crippen molar-refractivity contribution in [2.75, 3.05) is 0 Å². The largest absolute Gasteiger partial charge is 0.368 e. The summed E-state index contributed by atoms with van der Waals surface area (Å²) in [6.07, 6.45) is 0.350. The number of fused-ring (bicyclic) bond motifs is 2. The fourth-order valence-corrected chi connectivity index (χ4v) is 2.95. The Labute approximate surface area is 150 Å². The predicted molar refractivity (Wildman–Crippen MR) is 99.6 cm³/mol. The average molecular weight is 349 g/mol. The summed E-state index contributed by atoms with van der Waals surface area (Å²) < 4.78 is 0. The Bertz CT molecular complexity index is 960. The van der Waals surface area contributed by atoms with Crippen LogP contribution in [-0.4, -0.2) is 28.6 Å². The molecule has 0 aliphatic rings. The number of hydrogen-bond donors (Lipinski definition) is 2. The Morgan fingerprint density at radius 1 is 1.00 bits per heavy atom. The maximum atomic E-state index is 13.0. The van der Waals surface area contributed by atoms with Crippen LogP contribution >= 0.6 is 0 Å². The quantitative estimate of drug-likeness (QED) is 0.667. The number of amides is 2. The van der Waals surface area contributed by atoms with Gasteiger partial charge >= 0.3 is 0 Å². The fourth-order valence-electron chi connectivity index (χ4n) is 2.95. The Morgan fingerprint density at radius 2 is 1.54 bits per heavy atom. The Kier molecular flexibility index (Phi) is 4.93. The monoisotopic (exact) mass is 349 g/mol. The van der Waals surface area contributed by atoms with Gasteiger partial charge in [0.1, 0.15) is 11.8 Å². The molecule has 0 radical (unpaired) electrons. The molecule has 2 amide bonds. The number of carbonyl (C=O) groups is 3. The lowest BCUT2D eigenvalue weighted by molar-refractivity contribution is -0.120. The molecule has 0 saturated heterocycles. The van der Waals surface area contributed by atoms with Crippen LogP contribution in [0.5, 0.6) is 0 Å². The lowest BCUT2D eigenvalue weighted by Crippen LogP contribution is -2.44. The first kappa shape index (κ1) is 17.5. The molecule has 6 nitrogen and oxygen atoms in total. The number of rotatable bonds is 6. The van der Waals surface area contributed by atoms with Gasteiger partial charge in [-0.25, -0.2) is 4.98 Å². The van der Waals surface area contributed by atoms with E-state index in [9.17, 15) is 14.4 Å². The average Bonchev–Trinajstić information content (AvgIpc) is 2.62. The first-order chi connectivity index (χ1) is 12.5. The van der Waals surface area contributed by atoms with Crippen LogP contribution < -0.4 is 11.1 Å². The third-order valence-electron chi connectivity index (χ3n) is 4.25. The van der Waals surface area contributed by atoms with E-state index in [0.717, 1.165) is 0 Å². The molecular formula is C20H19N3O3. The lowest BCUT2D eigenvalue weighted by Gasteiger charge is -2.17. The number of ketones is 1. The fraction of sp³-hybridized carbons (Fsp3) is 0.200. The highest BCUT2D eigenvalue weighted by molar-refractivity contribution is 6.16.